The Labute approximate surface area is 124 Å². The number of hydrogen-bond acceptors (Lipinski definition) is 4. The number of amides is 1. The van der Waals surface area contributed by atoms with Crippen LogP contribution in [0.3, 0.4) is 0 Å². The maximum absolute atomic E-state index is 11.2. The molecular formula is C15H21N3O3. The zero-order valence-corrected chi connectivity index (χ0v) is 12.7. The van der Waals surface area contributed by atoms with Crippen molar-refractivity contribution >= 4 is 11.9 Å². The highest BCUT2D eigenvalue weighted by Crippen LogP contribution is 2.36. The molecule has 2 aliphatic rings. The number of nitrogens with zero attached hydrogens (tertiary/aromatic N) is 3. The molecule has 21 heavy (non-hydrogen) atoms. The van der Waals surface area contributed by atoms with Crippen molar-refractivity contribution in [3.05, 3.63) is 22.9 Å². The van der Waals surface area contributed by atoms with Crippen molar-refractivity contribution in [2.75, 3.05) is 25.1 Å². The molecule has 0 unspecified atom stereocenters. The van der Waals surface area contributed by atoms with Crippen molar-refractivity contribution in [3.63, 3.8) is 0 Å². The normalized spacial score (nSPS) is 24.0. The van der Waals surface area contributed by atoms with E-state index in [0.29, 0.717) is 19.7 Å². The summed E-state index contributed by atoms with van der Waals surface area (Å²) in [7, 11) is 1.68. The van der Waals surface area contributed by atoms with Gasteiger partial charge in [0.25, 0.3) is 0 Å². The Morgan fingerprint density at radius 1 is 1.52 bits per heavy atom. The number of pyridine rings is 1. The number of fused-ring (bicyclic) bond motifs is 3. The van der Waals surface area contributed by atoms with Crippen LogP contribution in [0.2, 0.25) is 0 Å². The highest BCUT2D eigenvalue weighted by atomic mass is 16.5. The quantitative estimate of drug-likeness (QED) is 0.897. The van der Waals surface area contributed by atoms with E-state index in [1.165, 1.54) is 10.5 Å². The standard InChI is InChI=1S/C15H21N3O3/c1-9-6-17(15(19)20)7-13-5-11-4-12(8-21-3)10(2)16-14(11)18(9)13/h4,9,13H,5-8H2,1-3H3,(H,19,20)/t9-,13-/m1/s1. The predicted molar refractivity (Wildman–Crippen MR) is 78.7 cm³/mol. The third-order valence-corrected chi connectivity index (χ3v) is 4.43. The van der Waals surface area contributed by atoms with E-state index in [2.05, 4.69) is 17.9 Å². The molecule has 0 aliphatic carbocycles. The first-order valence-corrected chi connectivity index (χ1v) is 7.25. The topological polar surface area (TPSA) is 65.9 Å². The molecule has 0 saturated carbocycles. The first kappa shape index (κ1) is 14.1. The van der Waals surface area contributed by atoms with Crippen LogP contribution in [0.1, 0.15) is 23.7 Å². The molecule has 6 heteroatoms. The number of carboxylic acid groups (broad SMARTS) is 1. The summed E-state index contributed by atoms with van der Waals surface area (Å²) in [4.78, 5) is 19.8. The lowest BCUT2D eigenvalue weighted by molar-refractivity contribution is 0.128. The van der Waals surface area contributed by atoms with Crippen molar-refractivity contribution < 1.29 is 14.6 Å². The molecule has 1 amide bonds. The number of methoxy groups -OCH3 is 1. The second-order valence-electron chi connectivity index (χ2n) is 5.95. The maximum Gasteiger partial charge on any atom is 0.407 e. The van der Waals surface area contributed by atoms with Gasteiger partial charge in [0.2, 0.25) is 0 Å². The van der Waals surface area contributed by atoms with Crippen LogP contribution in [0, 0.1) is 6.92 Å². The number of ether oxygens (including phenoxy) is 1. The van der Waals surface area contributed by atoms with Crippen molar-refractivity contribution in [2.24, 2.45) is 0 Å². The minimum absolute atomic E-state index is 0.154. The summed E-state index contributed by atoms with van der Waals surface area (Å²) in [6, 6.07) is 2.52. The first-order valence-electron chi connectivity index (χ1n) is 7.25. The second kappa shape index (κ2) is 5.18. The first-order chi connectivity index (χ1) is 10.0. The lowest BCUT2D eigenvalue weighted by atomic mass is 10.1. The molecule has 1 aromatic heterocycles. The van der Waals surface area contributed by atoms with Gasteiger partial charge in [-0.25, -0.2) is 9.78 Å². The predicted octanol–water partition coefficient (Wildman–Crippen LogP) is 1.65. The highest BCUT2D eigenvalue weighted by Gasteiger charge is 2.40. The number of piperazine rings is 1. The van der Waals surface area contributed by atoms with Crippen molar-refractivity contribution in [3.8, 4) is 0 Å². The number of aromatic nitrogens is 1. The van der Waals surface area contributed by atoms with Crippen LogP contribution in [-0.2, 0) is 17.8 Å². The summed E-state index contributed by atoms with van der Waals surface area (Å²) in [6.45, 7) is 5.71. The van der Waals surface area contributed by atoms with E-state index in [0.717, 1.165) is 23.5 Å². The fourth-order valence-corrected chi connectivity index (χ4v) is 3.50. The number of carbonyl (C=O) groups is 1. The summed E-state index contributed by atoms with van der Waals surface area (Å²) < 4.78 is 5.22. The van der Waals surface area contributed by atoms with E-state index < -0.39 is 6.09 Å². The van der Waals surface area contributed by atoms with Gasteiger partial charge in [0.05, 0.1) is 12.6 Å². The van der Waals surface area contributed by atoms with Crippen LogP contribution < -0.4 is 4.90 Å². The second-order valence-corrected chi connectivity index (χ2v) is 5.95. The summed E-state index contributed by atoms with van der Waals surface area (Å²) >= 11 is 0. The molecule has 2 atom stereocenters. The molecule has 0 radical (unpaired) electrons. The van der Waals surface area contributed by atoms with Gasteiger partial charge in [-0.1, -0.05) is 0 Å². The van der Waals surface area contributed by atoms with E-state index in [9.17, 15) is 9.90 Å². The van der Waals surface area contributed by atoms with Crippen LogP contribution >= 0.6 is 0 Å². The van der Waals surface area contributed by atoms with Gasteiger partial charge in [-0.05, 0) is 37.5 Å². The van der Waals surface area contributed by atoms with Crippen LogP contribution in [0.4, 0.5) is 10.6 Å². The Bertz CT molecular complexity index is 576. The third-order valence-electron chi connectivity index (χ3n) is 4.43. The molecular weight excluding hydrogens is 270 g/mol. The lowest BCUT2D eigenvalue weighted by Crippen LogP contribution is -2.57. The van der Waals surface area contributed by atoms with Crippen LogP contribution in [0.15, 0.2) is 6.07 Å². The minimum atomic E-state index is -0.832. The van der Waals surface area contributed by atoms with Gasteiger partial charge in [0, 0.05) is 31.9 Å². The van der Waals surface area contributed by atoms with Crippen molar-refractivity contribution in [2.45, 2.75) is 39.0 Å². The lowest BCUT2D eigenvalue weighted by Gasteiger charge is -2.42. The fraction of sp³-hybridized carbons (Fsp3) is 0.600. The molecule has 6 nitrogen and oxygen atoms in total. The summed E-state index contributed by atoms with van der Waals surface area (Å²) in [5.74, 6) is 1.02. The van der Waals surface area contributed by atoms with Crippen LogP contribution in [0.25, 0.3) is 0 Å². The zero-order chi connectivity index (χ0) is 15.1. The average Bonchev–Trinajstić information content (AvgIpc) is 2.77. The molecule has 1 fully saturated rings. The smallest absolute Gasteiger partial charge is 0.407 e. The van der Waals surface area contributed by atoms with Crippen LogP contribution in [-0.4, -0.2) is 53.4 Å². The van der Waals surface area contributed by atoms with Crippen molar-refractivity contribution in [1.29, 1.82) is 0 Å². The molecule has 1 saturated heterocycles. The Morgan fingerprint density at radius 2 is 2.29 bits per heavy atom. The number of aryl methyl sites for hydroxylation is 1. The van der Waals surface area contributed by atoms with Gasteiger partial charge in [-0.2, -0.15) is 0 Å². The van der Waals surface area contributed by atoms with Crippen molar-refractivity contribution in [1.82, 2.24) is 9.88 Å². The average molecular weight is 291 g/mol. The van der Waals surface area contributed by atoms with Gasteiger partial charge in [0.1, 0.15) is 5.82 Å². The summed E-state index contributed by atoms with van der Waals surface area (Å²) in [5.41, 5.74) is 3.31. The van der Waals surface area contributed by atoms with Gasteiger partial charge < -0.3 is 19.6 Å². The SMILES string of the molecule is COCc1cc2c(nc1C)N1[C@H](C2)CN(C(=O)O)C[C@H]1C. The number of anilines is 1. The molecule has 0 spiro atoms. The molecule has 3 rings (SSSR count). The van der Waals surface area contributed by atoms with Crippen LogP contribution in [0.5, 0.6) is 0 Å². The Hall–Kier alpha value is -1.82. The molecule has 2 aliphatic heterocycles. The number of hydrogen-bond donors (Lipinski definition) is 1. The van der Waals surface area contributed by atoms with E-state index in [-0.39, 0.29) is 12.1 Å². The molecule has 114 valence electrons. The zero-order valence-electron chi connectivity index (χ0n) is 12.7. The van der Waals surface area contributed by atoms with E-state index in [1.54, 1.807) is 7.11 Å². The molecule has 0 bridgehead atoms. The fourth-order valence-electron chi connectivity index (χ4n) is 3.50. The molecule has 3 heterocycles. The van der Waals surface area contributed by atoms with E-state index in [1.807, 2.05) is 6.92 Å². The van der Waals surface area contributed by atoms with E-state index >= 15 is 0 Å². The molecule has 0 aromatic carbocycles. The summed E-state index contributed by atoms with van der Waals surface area (Å²) in [5, 5.41) is 9.23. The largest absolute Gasteiger partial charge is 0.465 e. The minimum Gasteiger partial charge on any atom is -0.465 e. The van der Waals surface area contributed by atoms with Gasteiger partial charge in [-0.15, -0.1) is 0 Å². The third kappa shape index (κ3) is 2.33. The highest BCUT2D eigenvalue weighted by molar-refractivity contribution is 5.67. The van der Waals surface area contributed by atoms with E-state index in [4.69, 9.17) is 9.72 Å². The molecule has 1 aromatic rings. The number of rotatable bonds is 2. The van der Waals surface area contributed by atoms with Gasteiger partial charge in [-0.3, -0.25) is 0 Å². The molecule has 1 N–H and O–H groups in total. The maximum atomic E-state index is 11.2. The Morgan fingerprint density at radius 3 is 2.95 bits per heavy atom. The Kier molecular flexibility index (Phi) is 3.49. The van der Waals surface area contributed by atoms with Gasteiger partial charge in [0.15, 0.2) is 0 Å². The monoisotopic (exact) mass is 291 g/mol. The van der Waals surface area contributed by atoms with Gasteiger partial charge >= 0.3 is 6.09 Å². The summed E-state index contributed by atoms with van der Waals surface area (Å²) in [6.07, 6.45) is 0.0228. The Balaban J connectivity index is 1.92.